The van der Waals surface area contributed by atoms with Gasteiger partial charge in [0.15, 0.2) is 0 Å². The summed E-state index contributed by atoms with van der Waals surface area (Å²) in [4.78, 5) is 25.0. The monoisotopic (exact) mass is 384 g/mol. The van der Waals surface area contributed by atoms with Crippen molar-refractivity contribution in [2.24, 2.45) is 16.1 Å². The number of hydrogen-bond acceptors (Lipinski definition) is 4. The Bertz CT molecular complexity index is 1120. The van der Waals surface area contributed by atoms with Crippen molar-refractivity contribution in [3.8, 4) is 0 Å². The number of hydrazone groups is 2. The topological polar surface area (TPSA) is 74.1 Å². The maximum atomic E-state index is 12.6. The molecule has 1 aliphatic rings. The second-order valence-corrected chi connectivity index (χ2v) is 6.83. The van der Waals surface area contributed by atoms with Gasteiger partial charge in [-0.3, -0.25) is 9.59 Å². The van der Waals surface area contributed by atoms with Gasteiger partial charge in [0.25, 0.3) is 5.91 Å². The molecule has 2 amide bonds. The molecule has 0 spiro atoms. The summed E-state index contributed by atoms with van der Waals surface area (Å²) in [5.41, 5.74) is 4.79. The van der Waals surface area contributed by atoms with Gasteiger partial charge < -0.3 is 0 Å². The van der Waals surface area contributed by atoms with Crippen LogP contribution in [0.1, 0.15) is 12.5 Å². The van der Waals surface area contributed by atoms with Gasteiger partial charge in [0.2, 0.25) is 5.91 Å². The van der Waals surface area contributed by atoms with Gasteiger partial charge >= 0.3 is 0 Å². The van der Waals surface area contributed by atoms with Crippen molar-refractivity contribution in [2.45, 2.75) is 13.3 Å². The normalized spacial score (nSPS) is 16.4. The van der Waals surface area contributed by atoms with Crippen LogP contribution in [0.3, 0.4) is 0 Å². The molecule has 0 saturated heterocycles. The van der Waals surface area contributed by atoms with Crippen LogP contribution < -0.4 is 10.4 Å². The molecule has 1 aliphatic heterocycles. The summed E-state index contributed by atoms with van der Waals surface area (Å²) in [6.45, 7) is 1.77. The molecule has 0 bridgehead atoms. The second-order valence-electron chi connectivity index (χ2n) is 6.83. The maximum Gasteiger partial charge on any atom is 0.261 e. The Morgan fingerprint density at radius 3 is 2.62 bits per heavy atom. The minimum atomic E-state index is -0.590. The minimum Gasteiger partial charge on any atom is -0.273 e. The highest BCUT2D eigenvalue weighted by Crippen LogP contribution is 2.22. The Morgan fingerprint density at radius 2 is 1.79 bits per heavy atom. The molecule has 0 aromatic heterocycles. The fourth-order valence-electron chi connectivity index (χ4n) is 3.35. The molecule has 3 aromatic carbocycles. The van der Waals surface area contributed by atoms with E-state index in [4.69, 9.17) is 0 Å². The summed E-state index contributed by atoms with van der Waals surface area (Å²) in [5, 5.41) is 11.8. The number of carbonyl (C=O) groups is 2. The fourth-order valence-corrected chi connectivity index (χ4v) is 3.35. The number of anilines is 1. The Labute approximate surface area is 168 Å². The third-order valence-electron chi connectivity index (χ3n) is 4.83. The first-order valence-electron chi connectivity index (χ1n) is 9.36. The Balaban J connectivity index is 1.40. The zero-order chi connectivity index (χ0) is 20.2. The largest absolute Gasteiger partial charge is 0.273 e. The highest BCUT2D eigenvalue weighted by atomic mass is 16.2. The molecular formula is C23H20N4O2. The standard InChI is InChI=1S/C23H20N4O2/c1-16-21(23(29)27(26-16)19-11-3-2-4-12-19)15-24-25-22(28)14-18-10-7-9-17-8-5-6-13-20(17)18/h2-13,15,21H,14H2,1H3,(H,25,28)/b24-15-/t21-/m1/s1. The third-order valence-corrected chi connectivity index (χ3v) is 4.83. The van der Waals surface area contributed by atoms with Crippen LogP contribution in [0.5, 0.6) is 0 Å². The number of hydrogen-bond donors (Lipinski definition) is 1. The maximum absolute atomic E-state index is 12.6. The third kappa shape index (κ3) is 3.91. The van der Waals surface area contributed by atoms with Gasteiger partial charge in [-0.05, 0) is 35.4 Å². The molecule has 0 unspecified atom stereocenters. The van der Waals surface area contributed by atoms with Crippen LogP contribution in [-0.4, -0.2) is 23.7 Å². The molecule has 0 saturated carbocycles. The summed E-state index contributed by atoms with van der Waals surface area (Å²) in [6.07, 6.45) is 1.64. The van der Waals surface area contributed by atoms with E-state index in [9.17, 15) is 9.59 Å². The van der Waals surface area contributed by atoms with Crippen LogP contribution in [-0.2, 0) is 16.0 Å². The Morgan fingerprint density at radius 1 is 1.07 bits per heavy atom. The molecule has 144 valence electrons. The van der Waals surface area contributed by atoms with Crippen molar-refractivity contribution in [3.05, 3.63) is 78.4 Å². The van der Waals surface area contributed by atoms with Crippen LogP contribution >= 0.6 is 0 Å². The predicted molar refractivity (Wildman–Crippen MR) is 115 cm³/mol. The van der Waals surface area contributed by atoms with Gasteiger partial charge in [-0.15, -0.1) is 0 Å². The van der Waals surface area contributed by atoms with Crippen molar-refractivity contribution in [3.63, 3.8) is 0 Å². The second kappa shape index (κ2) is 8.06. The predicted octanol–water partition coefficient (Wildman–Crippen LogP) is 3.52. The summed E-state index contributed by atoms with van der Waals surface area (Å²) in [5.74, 6) is -1.02. The van der Waals surface area contributed by atoms with E-state index in [2.05, 4.69) is 15.6 Å². The molecule has 0 fully saturated rings. The summed E-state index contributed by atoms with van der Waals surface area (Å²) >= 11 is 0. The first-order chi connectivity index (χ1) is 14.1. The van der Waals surface area contributed by atoms with Gasteiger partial charge in [-0.1, -0.05) is 60.7 Å². The summed E-state index contributed by atoms with van der Waals surface area (Å²) in [7, 11) is 0. The van der Waals surface area contributed by atoms with Gasteiger partial charge in [0.05, 0.1) is 17.8 Å². The van der Waals surface area contributed by atoms with Crippen LogP contribution in [0.15, 0.2) is 83.0 Å². The van der Waals surface area contributed by atoms with Crippen molar-refractivity contribution in [1.29, 1.82) is 0 Å². The smallest absolute Gasteiger partial charge is 0.261 e. The van der Waals surface area contributed by atoms with E-state index < -0.39 is 5.92 Å². The van der Waals surface area contributed by atoms with E-state index in [0.29, 0.717) is 11.4 Å². The lowest BCUT2D eigenvalue weighted by Crippen LogP contribution is -2.29. The number of amides is 2. The molecule has 3 aromatic rings. The van der Waals surface area contributed by atoms with E-state index in [1.165, 1.54) is 11.2 Å². The molecule has 29 heavy (non-hydrogen) atoms. The first kappa shape index (κ1) is 18.6. The highest BCUT2D eigenvalue weighted by molar-refractivity contribution is 6.23. The number of nitrogens with zero attached hydrogens (tertiary/aromatic N) is 3. The minimum absolute atomic E-state index is 0.194. The number of carbonyl (C=O) groups excluding carboxylic acids is 2. The lowest BCUT2D eigenvalue weighted by molar-refractivity contribution is -0.120. The van der Waals surface area contributed by atoms with E-state index in [1.807, 2.05) is 72.8 Å². The van der Waals surface area contributed by atoms with E-state index >= 15 is 0 Å². The number of rotatable bonds is 5. The molecule has 1 atom stereocenters. The van der Waals surface area contributed by atoms with Crippen LogP contribution in [0.2, 0.25) is 0 Å². The van der Waals surface area contributed by atoms with E-state index in [-0.39, 0.29) is 18.2 Å². The van der Waals surface area contributed by atoms with Crippen molar-refractivity contribution in [2.75, 3.05) is 5.01 Å². The van der Waals surface area contributed by atoms with E-state index in [1.54, 1.807) is 6.92 Å². The van der Waals surface area contributed by atoms with Crippen LogP contribution in [0.25, 0.3) is 10.8 Å². The number of benzene rings is 3. The molecule has 6 heteroatoms. The zero-order valence-electron chi connectivity index (χ0n) is 15.9. The van der Waals surface area contributed by atoms with E-state index in [0.717, 1.165) is 16.3 Å². The van der Waals surface area contributed by atoms with Gasteiger partial charge in [0.1, 0.15) is 5.92 Å². The van der Waals surface area contributed by atoms with Gasteiger partial charge in [-0.2, -0.15) is 15.2 Å². The van der Waals surface area contributed by atoms with Gasteiger partial charge in [0, 0.05) is 6.21 Å². The molecular weight excluding hydrogens is 364 g/mol. The lowest BCUT2D eigenvalue weighted by atomic mass is 10.0. The average molecular weight is 384 g/mol. The first-order valence-corrected chi connectivity index (χ1v) is 9.36. The Hall–Kier alpha value is -3.80. The highest BCUT2D eigenvalue weighted by Gasteiger charge is 2.33. The van der Waals surface area contributed by atoms with Crippen LogP contribution in [0, 0.1) is 5.92 Å². The SMILES string of the molecule is CC1=NN(c2ccccc2)C(=O)[C@@H]1/C=N\NC(=O)Cc1cccc2ccccc12. The summed E-state index contributed by atoms with van der Waals surface area (Å²) in [6, 6.07) is 23.0. The Kier molecular flexibility index (Phi) is 5.16. The average Bonchev–Trinajstić information content (AvgIpc) is 3.03. The molecule has 0 aliphatic carbocycles. The van der Waals surface area contributed by atoms with Crippen molar-refractivity contribution >= 4 is 40.2 Å². The van der Waals surface area contributed by atoms with Gasteiger partial charge in [-0.25, -0.2) is 5.43 Å². The lowest BCUT2D eigenvalue weighted by Gasteiger charge is -2.12. The number of fused-ring (bicyclic) bond motifs is 1. The number of nitrogens with one attached hydrogen (secondary N) is 1. The molecule has 1 heterocycles. The van der Waals surface area contributed by atoms with Crippen molar-refractivity contribution in [1.82, 2.24) is 5.43 Å². The molecule has 4 rings (SSSR count). The molecule has 1 N–H and O–H groups in total. The molecule has 0 radical (unpaired) electrons. The van der Waals surface area contributed by atoms with Crippen LogP contribution in [0.4, 0.5) is 5.69 Å². The zero-order valence-corrected chi connectivity index (χ0v) is 15.9. The quantitative estimate of drug-likeness (QED) is 0.540. The van der Waals surface area contributed by atoms with Crippen molar-refractivity contribution < 1.29 is 9.59 Å². The summed E-state index contributed by atoms with van der Waals surface area (Å²) < 4.78 is 0. The number of para-hydroxylation sites is 1. The fraction of sp³-hybridized carbons (Fsp3) is 0.130. The molecule has 6 nitrogen and oxygen atoms in total.